The molecule has 0 saturated heterocycles. The molecule has 0 aliphatic heterocycles. The van der Waals surface area contributed by atoms with Crippen LogP contribution in [0.1, 0.15) is 38.9 Å². The van der Waals surface area contributed by atoms with Crippen molar-refractivity contribution in [2.45, 2.75) is 26.8 Å². The molecule has 1 atom stereocenters. The molecule has 0 aromatic carbocycles. The molecule has 0 aliphatic rings. The van der Waals surface area contributed by atoms with E-state index in [-0.39, 0.29) is 11.6 Å². The largest absolute Gasteiger partial charge is 0.478 e. The van der Waals surface area contributed by atoms with Crippen LogP contribution in [-0.4, -0.2) is 20.4 Å². The maximum Gasteiger partial charge on any atom is 0.340 e. The monoisotopic (exact) mass is 283 g/mol. The quantitative estimate of drug-likeness (QED) is 0.902. The van der Waals surface area contributed by atoms with Crippen molar-refractivity contribution in [1.29, 1.82) is 0 Å². The molecule has 0 amide bonds. The zero-order chi connectivity index (χ0) is 13.3. The van der Waals surface area contributed by atoms with Crippen molar-refractivity contribution >= 4 is 33.8 Å². The minimum Gasteiger partial charge on any atom is -0.478 e. The number of carbonyl (C=O) groups is 1. The van der Waals surface area contributed by atoms with E-state index in [4.69, 9.17) is 5.11 Å². The Balaban J connectivity index is 2.22. The van der Waals surface area contributed by atoms with Gasteiger partial charge < -0.3 is 10.4 Å². The average molecular weight is 283 g/mol. The number of carboxylic acid groups (broad SMARTS) is 1. The summed E-state index contributed by atoms with van der Waals surface area (Å²) in [6, 6.07) is -0.0263. The molecule has 0 radical (unpaired) electrons. The summed E-state index contributed by atoms with van der Waals surface area (Å²) in [7, 11) is 0. The van der Waals surface area contributed by atoms with Crippen LogP contribution < -0.4 is 5.32 Å². The molecule has 2 aromatic heterocycles. The van der Waals surface area contributed by atoms with Gasteiger partial charge in [-0.2, -0.15) is 4.37 Å². The fourth-order valence-electron chi connectivity index (χ4n) is 1.55. The zero-order valence-electron chi connectivity index (χ0n) is 10.2. The minimum atomic E-state index is -0.953. The molecule has 18 heavy (non-hydrogen) atoms. The van der Waals surface area contributed by atoms with E-state index in [1.807, 2.05) is 20.0 Å². The summed E-state index contributed by atoms with van der Waals surface area (Å²) in [5.74, 6) is -0.953. The first-order valence-electron chi connectivity index (χ1n) is 5.37. The predicted molar refractivity (Wildman–Crippen MR) is 72.7 cm³/mol. The third-order valence-electron chi connectivity index (χ3n) is 2.43. The van der Waals surface area contributed by atoms with E-state index in [0.29, 0.717) is 10.7 Å². The van der Waals surface area contributed by atoms with Gasteiger partial charge in [-0.05, 0) is 32.3 Å². The normalized spacial score (nSPS) is 12.4. The number of anilines is 1. The van der Waals surface area contributed by atoms with Crippen LogP contribution in [0.2, 0.25) is 0 Å². The minimum absolute atomic E-state index is 0.0263. The molecule has 0 spiro atoms. The van der Waals surface area contributed by atoms with Gasteiger partial charge >= 0.3 is 5.97 Å². The fraction of sp³-hybridized carbons (Fsp3) is 0.364. The van der Waals surface area contributed by atoms with Crippen LogP contribution in [0.15, 0.2) is 6.20 Å². The first-order valence-corrected chi connectivity index (χ1v) is 6.96. The highest BCUT2D eigenvalue weighted by atomic mass is 32.1. The van der Waals surface area contributed by atoms with Crippen molar-refractivity contribution in [3.8, 4) is 0 Å². The Bertz CT molecular complexity index is 577. The number of rotatable bonds is 4. The lowest BCUT2D eigenvalue weighted by Gasteiger charge is -2.11. The molecule has 5 nitrogen and oxygen atoms in total. The fourth-order valence-corrected chi connectivity index (χ4v) is 3.20. The highest BCUT2D eigenvalue weighted by molar-refractivity contribution is 7.12. The van der Waals surface area contributed by atoms with Crippen LogP contribution in [0.25, 0.3) is 0 Å². The zero-order valence-corrected chi connectivity index (χ0v) is 11.9. The third kappa shape index (κ3) is 2.51. The lowest BCUT2D eigenvalue weighted by molar-refractivity contribution is 0.0697. The second kappa shape index (κ2) is 5.03. The average Bonchev–Trinajstić information content (AvgIpc) is 2.85. The van der Waals surface area contributed by atoms with Crippen molar-refractivity contribution in [3.05, 3.63) is 27.3 Å². The number of aryl methyl sites for hydroxylation is 2. The second-order valence-corrected chi connectivity index (χ2v) is 5.99. The van der Waals surface area contributed by atoms with Crippen LogP contribution in [0.5, 0.6) is 0 Å². The van der Waals surface area contributed by atoms with Gasteiger partial charge in [-0.25, -0.2) is 9.78 Å². The van der Waals surface area contributed by atoms with Crippen LogP contribution >= 0.6 is 22.9 Å². The standard InChI is InChI=1S/C11H13N3O2S2/c1-5-4-12-9(17-5)7(3)13-10-8(11(15)16)6(2)14-18-10/h4,7,13H,1-3H3,(H,15,16). The molecule has 7 heteroatoms. The maximum absolute atomic E-state index is 11.1. The predicted octanol–water partition coefficient (Wildman–Crippen LogP) is 3.09. The van der Waals surface area contributed by atoms with E-state index in [9.17, 15) is 4.79 Å². The van der Waals surface area contributed by atoms with Gasteiger partial charge in [0.2, 0.25) is 0 Å². The van der Waals surface area contributed by atoms with Crippen molar-refractivity contribution in [1.82, 2.24) is 9.36 Å². The number of nitrogens with zero attached hydrogens (tertiary/aromatic N) is 2. The van der Waals surface area contributed by atoms with E-state index in [1.54, 1.807) is 18.3 Å². The van der Waals surface area contributed by atoms with E-state index in [1.165, 1.54) is 11.5 Å². The molecule has 96 valence electrons. The number of aromatic carboxylic acids is 1. The van der Waals surface area contributed by atoms with Gasteiger partial charge in [0.1, 0.15) is 15.6 Å². The molecule has 2 aromatic rings. The topological polar surface area (TPSA) is 75.1 Å². The molecule has 0 bridgehead atoms. The van der Waals surface area contributed by atoms with Crippen LogP contribution in [-0.2, 0) is 0 Å². The number of aromatic nitrogens is 2. The first kappa shape index (κ1) is 13.0. The van der Waals surface area contributed by atoms with E-state index >= 15 is 0 Å². The van der Waals surface area contributed by atoms with Crippen molar-refractivity contribution < 1.29 is 9.90 Å². The summed E-state index contributed by atoms with van der Waals surface area (Å²) in [5, 5.41) is 13.8. The number of hydrogen-bond donors (Lipinski definition) is 2. The Hall–Kier alpha value is -1.47. The Morgan fingerprint density at radius 3 is 2.78 bits per heavy atom. The Morgan fingerprint density at radius 1 is 1.50 bits per heavy atom. The number of nitrogens with one attached hydrogen (secondary N) is 1. The summed E-state index contributed by atoms with van der Waals surface area (Å²) in [6.07, 6.45) is 1.81. The summed E-state index contributed by atoms with van der Waals surface area (Å²) in [6.45, 7) is 5.65. The molecule has 0 aliphatic carbocycles. The molecule has 0 fully saturated rings. The molecule has 2 N–H and O–H groups in total. The summed E-state index contributed by atoms with van der Waals surface area (Å²) < 4.78 is 4.07. The number of carboxylic acids is 1. The lowest BCUT2D eigenvalue weighted by atomic mass is 10.2. The van der Waals surface area contributed by atoms with Gasteiger partial charge in [-0.1, -0.05) is 0 Å². The van der Waals surface area contributed by atoms with Gasteiger partial charge in [0, 0.05) is 11.1 Å². The Labute approximate surface area is 113 Å². The molecular formula is C11H13N3O2S2. The van der Waals surface area contributed by atoms with Crippen molar-refractivity contribution in [3.63, 3.8) is 0 Å². The second-order valence-electron chi connectivity index (χ2n) is 3.95. The molecular weight excluding hydrogens is 270 g/mol. The van der Waals surface area contributed by atoms with Gasteiger partial charge in [0.15, 0.2) is 0 Å². The lowest BCUT2D eigenvalue weighted by Crippen LogP contribution is -2.09. The molecule has 1 unspecified atom stereocenters. The highest BCUT2D eigenvalue weighted by Crippen LogP contribution is 2.29. The van der Waals surface area contributed by atoms with E-state index in [2.05, 4.69) is 14.7 Å². The van der Waals surface area contributed by atoms with Gasteiger partial charge in [-0.3, -0.25) is 0 Å². The van der Waals surface area contributed by atoms with Gasteiger partial charge in [0.25, 0.3) is 0 Å². The summed E-state index contributed by atoms with van der Waals surface area (Å²) >= 11 is 2.77. The van der Waals surface area contributed by atoms with Crippen molar-refractivity contribution in [2.24, 2.45) is 0 Å². The number of thiazole rings is 1. The summed E-state index contributed by atoms with van der Waals surface area (Å²) in [4.78, 5) is 16.6. The maximum atomic E-state index is 11.1. The van der Waals surface area contributed by atoms with E-state index in [0.717, 1.165) is 9.88 Å². The van der Waals surface area contributed by atoms with Crippen LogP contribution in [0.4, 0.5) is 5.00 Å². The molecule has 2 rings (SSSR count). The third-order valence-corrected chi connectivity index (χ3v) is 4.40. The van der Waals surface area contributed by atoms with Gasteiger partial charge in [0.05, 0.1) is 11.7 Å². The number of hydrogen-bond acceptors (Lipinski definition) is 6. The highest BCUT2D eigenvalue weighted by Gasteiger charge is 2.20. The van der Waals surface area contributed by atoms with Gasteiger partial charge in [-0.15, -0.1) is 11.3 Å². The van der Waals surface area contributed by atoms with Crippen LogP contribution in [0.3, 0.4) is 0 Å². The smallest absolute Gasteiger partial charge is 0.340 e. The SMILES string of the molecule is Cc1cnc(C(C)Nc2snc(C)c2C(=O)O)s1. The Kier molecular flexibility index (Phi) is 3.63. The summed E-state index contributed by atoms with van der Waals surface area (Å²) in [5.41, 5.74) is 0.789. The molecule has 2 heterocycles. The first-order chi connectivity index (χ1) is 8.49. The molecule has 0 saturated carbocycles. The van der Waals surface area contributed by atoms with Crippen LogP contribution in [0, 0.1) is 13.8 Å². The van der Waals surface area contributed by atoms with E-state index < -0.39 is 5.97 Å². The Morgan fingerprint density at radius 2 is 2.22 bits per heavy atom. The van der Waals surface area contributed by atoms with Crippen molar-refractivity contribution in [2.75, 3.05) is 5.32 Å².